The summed E-state index contributed by atoms with van der Waals surface area (Å²) in [5.74, 6) is 0.379. The number of piperazine rings is 1. The molecule has 1 unspecified atom stereocenters. The highest BCUT2D eigenvalue weighted by Gasteiger charge is 2.31. The van der Waals surface area contributed by atoms with Crippen LogP contribution in [-0.2, 0) is 4.74 Å². The van der Waals surface area contributed by atoms with Crippen molar-refractivity contribution < 1.29 is 4.74 Å². The van der Waals surface area contributed by atoms with E-state index < -0.39 is 0 Å². The predicted molar refractivity (Wildman–Crippen MR) is 83.3 cm³/mol. The molecule has 2 aromatic heterocycles. The molecule has 118 valence electrons. The maximum absolute atomic E-state index is 5.64. The molecule has 0 aromatic carbocycles. The summed E-state index contributed by atoms with van der Waals surface area (Å²) in [5.41, 5.74) is 3.06. The summed E-state index contributed by atoms with van der Waals surface area (Å²) in [6.45, 7) is 10.1. The molecule has 2 aliphatic heterocycles. The van der Waals surface area contributed by atoms with Crippen LogP contribution in [0, 0.1) is 0 Å². The predicted octanol–water partition coefficient (Wildman–Crippen LogP) is 0.768. The van der Waals surface area contributed by atoms with Crippen molar-refractivity contribution >= 4 is 11.3 Å². The van der Waals surface area contributed by atoms with E-state index in [1.807, 2.05) is 0 Å². The van der Waals surface area contributed by atoms with Gasteiger partial charge in [0.2, 0.25) is 5.65 Å². The van der Waals surface area contributed by atoms with Crippen molar-refractivity contribution in [1.82, 2.24) is 24.7 Å². The van der Waals surface area contributed by atoms with E-state index in [4.69, 9.17) is 4.74 Å². The molecule has 22 heavy (non-hydrogen) atoms. The second-order valence-corrected chi connectivity index (χ2v) is 6.42. The van der Waals surface area contributed by atoms with E-state index >= 15 is 0 Å². The van der Waals surface area contributed by atoms with E-state index in [2.05, 4.69) is 45.0 Å². The minimum absolute atomic E-state index is 0.379. The second-order valence-electron chi connectivity index (χ2n) is 6.42. The standard InChI is InChI=1S/C15H22N6O/c1-11(2)13-7-14(15-17-16-10-21(15)18-13)20-4-3-19-5-6-22-9-12(19)8-20/h7,10-12H,3-6,8-9H2,1-2H3. The largest absolute Gasteiger partial charge is 0.378 e. The van der Waals surface area contributed by atoms with Gasteiger partial charge in [-0.15, -0.1) is 10.2 Å². The molecule has 0 amide bonds. The third kappa shape index (κ3) is 2.34. The average Bonchev–Trinajstić information content (AvgIpc) is 3.02. The molecule has 0 saturated carbocycles. The number of rotatable bonds is 2. The van der Waals surface area contributed by atoms with E-state index in [-0.39, 0.29) is 0 Å². The zero-order valence-electron chi connectivity index (χ0n) is 13.1. The fourth-order valence-corrected chi connectivity index (χ4v) is 3.31. The summed E-state index contributed by atoms with van der Waals surface area (Å²) >= 11 is 0. The lowest BCUT2D eigenvalue weighted by atomic mass is 10.1. The van der Waals surface area contributed by atoms with Gasteiger partial charge in [-0.25, -0.2) is 0 Å². The quantitative estimate of drug-likeness (QED) is 0.816. The van der Waals surface area contributed by atoms with E-state index in [1.165, 1.54) is 0 Å². The first-order chi connectivity index (χ1) is 10.7. The molecule has 0 radical (unpaired) electrons. The molecule has 2 aromatic rings. The van der Waals surface area contributed by atoms with Crippen LogP contribution in [-0.4, -0.2) is 70.1 Å². The normalized spacial score (nSPS) is 23.2. The number of hydrogen-bond donors (Lipinski definition) is 0. The van der Waals surface area contributed by atoms with Gasteiger partial charge in [0.15, 0.2) is 0 Å². The molecular formula is C15H22N6O. The first kappa shape index (κ1) is 13.9. The number of aromatic nitrogens is 4. The number of ether oxygens (including phenoxy) is 1. The maximum Gasteiger partial charge on any atom is 0.200 e. The summed E-state index contributed by atoms with van der Waals surface area (Å²) in [6.07, 6.45) is 1.69. The summed E-state index contributed by atoms with van der Waals surface area (Å²) in [7, 11) is 0. The van der Waals surface area contributed by atoms with Crippen LogP contribution in [0.1, 0.15) is 25.5 Å². The van der Waals surface area contributed by atoms with Crippen LogP contribution in [0.25, 0.3) is 5.65 Å². The summed E-state index contributed by atoms with van der Waals surface area (Å²) in [6, 6.07) is 2.65. The monoisotopic (exact) mass is 302 g/mol. The molecule has 2 saturated heterocycles. The third-order valence-electron chi connectivity index (χ3n) is 4.64. The van der Waals surface area contributed by atoms with Crippen LogP contribution >= 0.6 is 0 Å². The molecule has 1 atom stereocenters. The minimum atomic E-state index is 0.379. The third-order valence-corrected chi connectivity index (χ3v) is 4.64. The van der Waals surface area contributed by atoms with E-state index in [0.29, 0.717) is 12.0 Å². The smallest absolute Gasteiger partial charge is 0.200 e. The van der Waals surface area contributed by atoms with Gasteiger partial charge in [-0.2, -0.15) is 9.61 Å². The minimum Gasteiger partial charge on any atom is -0.378 e. The zero-order valence-corrected chi connectivity index (χ0v) is 13.1. The van der Waals surface area contributed by atoms with Gasteiger partial charge < -0.3 is 9.64 Å². The molecule has 2 aliphatic rings. The van der Waals surface area contributed by atoms with Crippen molar-refractivity contribution in [3.05, 3.63) is 18.1 Å². The van der Waals surface area contributed by atoms with Crippen LogP contribution in [0.15, 0.2) is 12.4 Å². The van der Waals surface area contributed by atoms with Crippen molar-refractivity contribution in [1.29, 1.82) is 0 Å². The van der Waals surface area contributed by atoms with Gasteiger partial charge >= 0.3 is 0 Å². The molecule has 4 heterocycles. The Balaban J connectivity index is 1.69. The Hall–Kier alpha value is -1.73. The molecule has 7 heteroatoms. The SMILES string of the molecule is CC(C)c1cc(N2CCN3CCOCC3C2)c2nncn2n1. The number of hydrogen-bond acceptors (Lipinski definition) is 6. The Labute approximate surface area is 129 Å². The van der Waals surface area contributed by atoms with Crippen LogP contribution < -0.4 is 4.90 Å². The highest BCUT2D eigenvalue weighted by Crippen LogP contribution is 2.26. The number of nitrogens with zero attached hydrogens (tertiary/aromatic N) is 6. The van der Waals surface area contributed by atoms with Gasteiger partial charge in [0, 0.05) is 26.2 Å². The van der Waals surface area contributed by atoms with Gasteiger partial charge in [-0.3, -0.25) is 4.90 Å². The lowest BCUT2D eigenvalue weighted by Crippen LogP contribution is -2.58. The van der Waals surface area contributed by atoms with Gasteiger partial charge in [0.05, 0.1) is 30.6 Å². The molecule has 0 spiro atoms. The van der Waals surface area contributed by atoms with Crippen molar-refractivity contribution in [2.45, 2.75) is 25.8 Å². The van der Waals surface area contributed by atoms with Gasteiger partial charge in [0.25, 0.3) is 0 Å². The van der Waals surface area contributed by atoms with E-state index in [1.54, 1.807) is 10.8 Å². The van der Waals surface area contributed by atoms with Gasteiger partial charge in [-0.05, 0) is 12.0 Å². The molecular weight excluding hydrogens is 280 g/mol. The van der Waals surface area contributed by atoms with Crippen LogP contribution in [0.5, 0.6) is 0 Å². The lowest BCUT2D eigenvalue weighted by molar-refractivity contribution is -0.0116. The van der Waals surface area contributed by atoms with Crippen molar-refractivity contribution in [3.63, 3.8) is 0 Å². The average molecular weight is 302 g/mol. The zero-order chi connectivity index (χ0) is 15.1. The highest BCUT2D eigenvalue weighted by molar-refractivity contribution is 5.68. The van der Waals surface area contributed by atoms with Crippen LogP contribution in [0.4, 0.5) is 5.69 Å². The lowest BCUT2D eigenvalue weighted by Gasteiger charge is -2.44. The second kappa shape index (κ2) is 5.48. The highest BCUT2D eigenvalue weighted by atomic mass is 16.5. The molecule has 2 fully saturated rings. The van der Waals surface area contributed by atoms with Gasteiger partial charge in [0.1, 0.15) is 6.33 Å². The molecule has 4 rings (SSSR count). The first-order valence-corrected chi connectivity index (χ1v) is 8.00. The number of morpholine rings is 1. The fourth-order valence-electron chi connectivity index (χ4n) is 3.31. The molecule has 0 bridgehead atoms. The van der Waals surface area contributed by atoms with Crippen LogP contribution in [0.2, 0.25) is 0 Å². The summed E-state index contributed by atoms with van der Waals surface area (Å²) in [4.78, 5) is 4.94. The molecule has 0 aliphatic carbocycles. The van der Waals surface area contributed by atoms with Crippen molar-refractivity contribution in [3.8, 4) is 0 Å². The topological polar surface area (TPSA) is 58.8 Å². The first-order valence-electron chi connectivity index (χ1n) is 8.00. The molecule has 0 N–H and O–H groups in total. The van der Waals surface area contributed by atoms with E-state index in [0.717, 1.165) is 56.4 Å². The number of anilines is 1. The van der Waals surface area contributed by atoms with Crippen molar-refractivity contribution in [2.75, 3.05) is 44.3 Å². The van der Waals surface area contributed by atoms with Crippen molar-refractivity contribution in [2.24, 2.45) is 0 Å². The summed E-state index contributed by atoms with van der Waals surface area (Å²) < 4.78 is 7.44. The fraction of sp³-hybridized carbons (Fsp3) is 0.667. The van der Waals surface area contributed by atoms with E-state index in [9.17, 15) is 0 Å². The Bertz CT molecular complexity index is 669. The maximum atomic E-state index is 5.64. The Morgan fingerprint density at radius 3 is 3.05 bits per heavy atom. The Kier molecular flexibility index (Phi) is 3.46. The van der Waals surface area contributed by atoms with Crippen LogP contribution in [0.3, 0.4) is 0 Å². The Morgan fingerprint density at radius 2 is 2.18 bits per heavy atom. The van der Waals surface area contributed by atoms with Gasteiger partial charge in [-0.1, -0.05) is 13.8 Å². The molecule has 7 nitrogen and oxygen atoms in total. The number of fused-ring (bicyclic) bond motifs is 2. The Morgan fingerprint density at radius 1 is 1.27 bits per heavy atom. The summed E-state index contributed by atoms with van der Waals surface area (Å²) in [5, 5.41) is 12.9.